The summed E-state index contributed by atoms with van der Waals surface area (Å²) >= 11 is 5.67. The fourth-order valence-electron chi connectivity index (χ4n) is 1.78. The largest absolute Gasteiger partial charge is 0.416 e. The van der Waals surface area contributed by atoms with Gasteiger partial charge in [0.25, 0.3) is 0 Å². The highest BCUT2D eigenvalue weighted by atomic mass is 35.5. The van der Waals surface area contributed by atoms with Crippen molar-refractivity contribution in [2.45, 2.75) is 44.5 Å². The number of alkyl halides is 3. The van der Waals surface area contributed by atoms with Gasteiger partial charge in [0.1, 0.15) is 0 Å². The first-order valence-corrected chi connectivity index (χ1v) is 6.44. The van der Waals surface area contributed by atoms with E-state index in [1.54, 1.807) is 0 Å². The predicted octanol–water partition coefficient (Wildman–Crippen LogP) is 4.33. The summed E-state index contributed by atoms with van der Waals surface area (Å²) in [6, 6.07) is 2.27. The summed E-state index contributed by atoms with van der Waals surface area (Å²) in [7, 11) is 0. The average molecular weight is 332 g/mol. The lowest BCUT2D eigenvalue weighted by Gasteiger charge is -2.20. The smallest absolute Gasteiger partial charge is 0.391 e. The second kappa shape index (κ2) is 8.08. The third-order valence-electron chi connectivity index (χ3n) is 2.90. The van der Waals surface area contributed by atoms with Crippen LogP contribution in [0.5, 0.6) is 0 Å². The zero-order chi connectivity index (χ0) is 14.6. The molecule has 7 heteroatoms. The first-order chi connectivity index (χ1) is 8.75. The Morgan fingerprint density at radius 3 is 2.40 bits per heavy atom. The Kier molecular flexibility index (Phi) is 7.88. The van der Waals surface area contributed by atoms with Crippen molar-refractivity contribution in [2.75, 3.05) is 0 Å². The van der Waals surface area contributed by atoms with Crippen molar-refractivity contribution in [3.8, 4) is 0 Å². The number of hydrogen-bond donors (Lipinski definition) is 2. The van der Waals surface area contributed by atoms with Gasteiger partial charge >= 0.3 is 6.18 Å². The van der Waals surface area contributed by atoms with Crippen LogP contribution in [0, 0.1) is 0 Å². The topological polar surface area (TPSA) is 46.2 Å². The van der Waals surface area contributed by atoms with Crippen molar-refractivity contribution in [2.24, 2.45) is 5.73 Å². The highest BCUT2D eigenvalue weighted by molar-refractivity contribution is 6.30. The number of halogens is 5. The molecule has 0 saturated carbocycles. The Bertz CT molecular complexity index is 427. The lowest BCUT2D eigenvalue weighted by Crippen LogP contribution is -2.26. The molecule has 1 aromatic rings. The summed E-state index contributed by atoms with van der Waals surface area (Å²) in [6.45, 7) is 1.96. The normalized spacial score (nSPS) is 14.6. The zero-order valence-corrected chi connectivity index (χ0v) is 12.5. The van der Waals surface area contributed by atoms with Crippen LogP contribution in [0.15, 0.2) is 18.2 Å². The summed E-state index contributed by atoms with van der Waals surface area (Å²) in [5.41, 5.74) is 5.13. The molecular formula is C13H18Cl2F3NO. The maximum absolute atomic E-state index is 12.7. The van der Waals surface area contributed by atoms with Gasteiger partial charge in [-0.3, -0.25) is 0 Å². The van der Waals surface area contributed by atoms with Gasteiger partial charge < -0.3 is 10.8 Å². The summed E-state index contributed by atoms with van der Waals surface area (Å²) in [6.07, 6.45) is -3.26. The Hall–Kier alpha value is -0.490. The van der Waals surface area contributed by atoms with Crippen LogP contribution < -0.4 is 5.73 Å². The number of benzene rings is 1. The van der Waals surface area contributed by atoms with E-state index in [4.69, 9.17) is 17.3 Å². The van der Waals surface area contributed by atoms with Gasteiger partial charge in [0.05, 0.1) is 17.7 Å². The molecule has 2 atom stereocenters. The van der Waals surface area contributed by atoms with Crippen LogP contribution >= 0.6 is 24.0 Å². The minimum Gasteiger partial charge on any atom is -0.391 e. The fourth-order valence-corrected chi connectivity index (χ4v) is 2.03. The standard InChI is InChI=1S/C13H17ClF3NO.ClH/c1-2-3-4-11(19)12(18)8-5-9(13(15,16)17)7-10(14)6-8;/h5-7,11-12,19H,2-4,18H2,1H3;1H/t11-,12+;/m1./s1. The van der Waals surface area contributed by atoms with E-state index in [1.165, 1.54) is 6.07 Å². The van der Waals surface area contributed by atoms with E-state index in [2.05, 4.69) is 0 Å². The first-order valence-electron chi connectivity index (χ1n) is 6.07. The molecule has 116 valence electrons. The van der Waals surface area contributed by atoms with Gasteiger partial charge in [-0.1, -0.05) is 31.4 Å². The van der Waals surface area contributed by atoms with Crippen molar-refractivity contribution >= 4 is 24.0 Å². The monoisotopic (exact) mass is 331 g/mol. The van der Waals surface area contributed by atoms with E-state index in [-0.39, 0.29) is 23.0 Å². The van der Waals surface area contributed by atoms with Crippen molar-refractivity contribution in [1.29, 1.82) is 0 Å². The van der Waals surface area contributed by atoms with E-state index in [0.717, 1.165) is 25.0 Å². The highest BCUT2D eigenvalue weighted by Crippen LogP contribution is 2.33. The molecule has 0 amide bonds. The molecule has 0 aliphatic heterocycles. The maximum Gasteiger partial charge on any atom is 0.416 e. The number of nitrogens with two attached hydrogens (primary N) is 1. The molecule has 20 heavy (non-hydrogen) atoms. The fraction of sp³-hybridized carbons (Fsp3) is 0.538. The molecule has 1 rings (SSSR count). The van der Waals surface area contributed by atoms with E-state index < -0.39 is 23.9 Å². The van der Waals surface area contributed by atoms with E-state index in [1.807, 2.05) is 6.92 Å². The number of aliphatic hydroxyl groups excluding tert-OH is 1. The zero-order valence-electron chi connectivity index (χ0n) is 11.0. The minimum atomic E-state index is -4.48. The molecule has 2 nitrogen and oxygen atoms in total. The van der Waals surface area contributed by atoms with Crippen molar-refractivity contribution in [3.05, 3.63) is 34.3 Å². The summed E-state index contributed by atoms with van der Waals surface area (Å²) in [5, 5.41) is 9.80. The highest BCUT2D eigenvalue weighted by Gasteiger charge is 2.32. The molecule has 1 aromatic carbocycles. The van der Waals surface area contributed by atoms with Gasteiger partial charge in [0.15, 0.2) is 0 Å². The Balaban J connectivity index is 0.00000361. The summed E-state index contributed by atoms with van der Waals surface area (Å²) in [5.74, 6) is 0. The van der Waals surface area contributed by atoms with Crippen LogP contribution in [0.25, 0.3) is 0 Å². The molecule has 0 fully saturated rings. The number of aliphatic hydroxyl groups is 1. The predicted molar refractivity (Wildman–Crippen MR) is 76.2 cm³/mol. The van der Waals surface area contributed by atoms with Gasteiger partial charge in [0.2, 0.25) is 0 Å². The summed E-state index contributed by atoms with van der Waals surface area (Å²) in [4.78, 5) is 0. The molecule has 0 saturated heterocycles. The molecule has 0 unspecified atom stereocenters. The molecule has 0 bridgehead atoms. The van der Waals surface area contributed by atoms with Gasteiger partial charge in [-0.2, -0.15) is 13.2 Å². The molecule has 3 N–H and O–H groups in total. The van der Waals surface area contributed by atoms with Crippen LogP contribution in [-0.4, -0.2) is 11.2 Å². The van der Waals surface area contributed by atoms with Crippen LogP contribution in [-0.2, 0) is 6.18 Å². The number of rotatable bonds is 5. The first kappa shape index (κ1) is 19.5. The second-order valence-electron chi connectivity index (χ2n) is 4.51. The molecule has 0 aromatic heterocycles. The van der Waals surface area contributed by atoms with Gasteiger partial charge in [-0.25, -0.2) is 0 Å². The Labute approximate surface area is 127 Å². The van der Waals surface area contributed by atoms with E-state index in [9.17, 15) is 18.3 Å². The van der Waals surface area contributed by atoms with Gasteiger partial charge in [0, 0.05) is 5.02 Å². The van der Waals surface area contributed by atoms with Gasteiger partial charge in [-0.15, -0.1) is 12.4 Å². The van der Waals surface area contributed by atoms with Crippen LogP contribution in [0.3, 0.4) is 0 Å². The molecule has 0 radical (unpaired) electrons. The van der Waals surface area contributed by atoms with Gasteiger partial charge in [-0.05, 0) is 30.2 Å². The third kappa shape index (κ3) is 5.48. The van der Waals surface area contributed by atoms with Crippen molar-refractivity contribution < 1.29 is 18.3 Å². The van der Waals surface area contributed by atoms with Crippen molar-refractivity contribution in [1.82, 2.24) is 0 Å². The molecular weight excluding hydrogens is 314 g/mol. The quantitative estimate of drug-likeness (QED) is 0.843. The van der Waals surface area contributed by atoms with E-state index in [0.29, 0.717) is 6.42 Å². The van der Waals surface area contributed by atoms with Crippen molar-refractivity contribution in [3.63, 3.8) is 0 Å². The Morgan fingerprint density at radius 2 is 1.90 bits per heavy atom. The second-order valence-corrected chi connectivity index (χ2v) is 4.94. The van der Waals surface area contributed by atoms with Crippen LogP contribution in [0.1, 0.15) is 43.4 Å². The maximum atomic E-state index is 12.7. The number of hydrogen-bond acceptors (Lipinski definition) is 2. The molecule has 0 heterocycles. The van der Waals surface area contributed by atoms with E-state index >= 15 is 0 Å². The number of unbranched alkanes of at least 4 members (excludes halogenated alkanes) is 1. The molecule has 0 aliphatic rings. The third-order valence-corrected chi connectivity index (χ3v) is 3.12. The average Bonchev–Trinajstić information content (AvgIpc) is 2.33. The lowest BCUT2D eigenvalue weighted by atomic mass is 9.97. The molecule has 0 spiro atoms. The van der Waals surface area contributed by atoms with Crippen LogP contribution in [0.4, 0.5) is 13.2 Å². The summed E-state index contributed by atoms with van der Waals surface area (Å²) < 4.78 is 38.0. The Morgan fingerprint density at radius 1 is 1.30 bits per heavy atom. The lowest BCUT2D eigenvalue weighted by molar-refractivity contribution is -0.137. The minimum absolute atomic E-state index is 0. The molecule has 0 aliphatic carbocycles. The van der Waals surface area contributed by atoms with Crippen LogP contribution in [0.2, 0.25) is 5.02 Å². The SMILES string of the molecule is CCCC[C@@H](O)[C@@H](N)c1cc(Cl)cc(C(F)(F)F)c1.Cl.